The smallest absolute Gasteiger partial charge is 0.0675 e. The maximum absolute atomic E-state index is 10.6. The minimum Gasteiger partial charge on any atom is -0.390 e. The molecule has 1 aliphatic heterocycles. The Balaban J connectivity index is 1.71. The van der Waals surface area contributed by atoms with Gasteiger partial charge >= 0.3 is 0 Å². The second-order valence-electron chi connectivity index (χ2n) is 5.63. The Morgan fingerprint density at radius 2 is 2.19 bits per heavy atom. The summed E-state index contributed by atoms with van der Waals surface area (Å²) < 4.78 is 5.62. The molecule has 0 aromatic rings. The summed E-state index contributed by atoms with van der Waals surface area (Å²) in [6, 6.07) is 0. The summed E-state index contributed by atoms with van der Waals surface area (Å²) >= 11 is 0. The van der Waals surface area contributed by atoms with Crippen LogP contribution in [0.5, 0.6) is 0 Å². The third kappa shape index (κ3) is 2.78. The van der Waals surface area contributed by atoms with Crippen LogP contribution in [0.15, 0.2) is 0 Å². The van der Waals surface area contributed by atoms with Gasteiger partial charge in [0, 0.05) is 6.61 Å². The molecule has 3 atom stereocenters. The Labute approximate surface area is 99.4 Å². The third-order valence-electron chi connectivity index (χ3n) is 4.57. The molecule has 2 heteroatoms. The fraction of sp³-hybridized carbons (Fsp3) is 1.00. The second-order valence-corrected chi connectivity index (χ2v) is 5.63. The van der Waals surface area contributed by atoms with Crippen molar-refractivity contribution in [3.8, 4) is 0 Å². The van der Waals surface area contributed by atoms with E-state index in [9.17, 15) is 5.11 Å². The van der Waals surface area contributed by atoms with Gasteiger partial charge in [-0.1, -0.05) is 19.8 Å². The number of hydrogen-bond acceptors (Lipinski definition) is 2. The first-order valence-electron chi connectivity index (χ1n) is 7.08. The van der Waals surface area contributed by atoms with Crippen molar-refractivity contribution in [1.82, 2.24) is 0 Å². The van der Waals surface area contributed by atoms with Crippen molar-refractivity contribution in [3.05, 3.63) is 0 Å². The van der Waals surface area contributed by atoms with Crippen LogP contribution in [-0.2, 0) is 4.74 Å². The lowest BCUT2D eigenvalue weighted by atomic mass is 9.84. The minimum absolute atomic E-state index is 0.340. The highest BCUT2D eigenvalue weighted by Crippen LogP contribution is 2.41. The van der Waals surface area contributed by atoms with Gasteiger partial charge in [0.1, 0.15) is 0 Å². The van der Waals surface area contributed by atoms with Gasteiger partial charge in [-0.3, -0.25) is 0 Å². The SMILES string of the molecule is CCC1CCCC1(O)CCCC1CCCO1. The van der Waals surface area contributed by atoms with Crippen LogP contribution in [0, 0.1) is 5.92 Å². The number of hydrogen-bond donors (Lipinski definition) is 1. The van der Waals surface area contributed by atoms with Gasteiger partial charge < -0.3 is 9.84 Å². The van der Waals surface area contributed by atoms with Crippen molar-refractivity contribution in [1.29, 1.82) is 0 Å². The van der Waals surface area contributed by atoms with Crippen LogP contribution in [0.2, 0.25) is 0 Å². The molecule has 0 spiro atoms. The Morgan fingerprint density at radius 1 is 1.31 bits per heavy atom. The van der Waals surface area contributed by atoms with E-state index in [4.69, 9.17) is 4.74 Å². The molecule has 1 aliphatic carbocycles. The molecule has 0 radical (unpaired) electrons. The summed E-state index contributed by atoms with van der Waals surface area (Å²) in [4.78, 5) is 0. The summed E-state index contributed by atoms with van der Waals surface area (Å²) in [5.74, 6) is 0.553. The summed E-state index contributed by atoms with van der Waals surface area (Å²) in [7, 11) is 0. The zero-order valence-electron chi connectivity index (χ0n) is 10.6. The molecule has 94 valence electrons. The highest BCUT2D eigenvalue weighted by molar-refractivity contribution is 4.91. The standard InChI is InChI=1S/C14H26O2/c1-2-12-6-3-9-14(12,15)10-4-7-13-8-5-11-16-13/h12-13,15H,2-11H2,1H3. The average Bonchev–Trinajstić information content (AvgIpc) is 2.88. The van der Waals surface area contributed by atoms with E-state index < -0.39 is 0 Å². The van der Waals surface area contributed by atoms with Gasteiger partial charge in [0.05, 0.1) is 11.7 Å². The van der Waals surface area contributed by atoms with Crippen molar-refractivity contribution in [2.75, 3.05) is 6.61 Å². The average molecular weight is 226 g/mol. The summed E-state index contributed by atoms with van der Waals surface area (Å²) in [6.07, 6.45) is 10.8. The molecule has 2 nitrogen and oxygen atoms in total. The summed E-state index contributed by atoms with van der Waals surface area (Å²) in [5.41, 5.74) is -0.340. The van der Waals surface area contributed by atoms with Crippen molar-refractivity contribution in [2.45, 2.75) is 76.4 Å². The van der Waals surface area contributed by atoms with E-state index in [1.54, 1.807) is 0 Å². The van der Waals surface area contributed by atoms with Crippen LogP contribution in [0.4, 0.5) is 0 Å². The first-order chi connectivity index (χ1) is 7.74. The predicted molar refractivity (Wildman–Crippen MR) is 65.4 cm³/mol. The fourth-order valence-electron chi connectivity index (χ4n) is 3.55. The normalized spacial score (nSPS) is 39.4. The Kier molecular flexibility index (Phi) is 4.26. The van der Waals surface area contributed by atoms with E-state index in [1.807, 2.05) is 0 Å². The Morgan fingerprint density at radius 3 is 2.88 bits per heavy atom. The lowest BCUT2D eigenvalue weighted by Gasteiger charge is -2.30. The minimum atomic E-state index is -0.340. The van der Waals surface area contributed by atoms with E-state index in [2.05, 4.69) is 6.92 Å². The predicted octanol–water partition coefficient (Wildman–Crippen LogP) is 3.28. The zero-order chi connectivity index (χ0) is 11.4. The molecule has 16 heavy (non-hydrogen) atoms. The first kappa shape index (κ1) is 12.4. The van der Waals surface area contributed by atoms with Gasteiger partial charge in [0.25, 0.3) is 0 Å². The van der Waals surface area contributed by atoms with Gasteiger partial charge in [0.2, 0.25) is 0 Å². The van der Waals surface area contributed by atoms with Gasteiger partial charge in [-0.2, -0.15) is 0 Å². The van der Waals surface area contributed by atoms with Crippen molar-refractivity contribution in [2.24, 2.45) is 5.92 Å². The van der Waals surface area contributed by atoms with Crippen LogP contribution in [-0.4, -0.2) is 23.4 Å². The van der Waals surface area contributed by atoms with E-state index in [1.165, 1.54) is 25.7 Å². The molecule has 0 amide bonds. The van der Waals surface area contributed by atoms with Crippen LogP contribution in [0.25, 0.3) is 0 Å². The quantitative estimate of drug-likeness (QED) is 0.779. The Hall–Kier alpha value is -0.0800. The molecule has 0 aromatic heterocycles. The number of aliphatic hydroxyl groups is 1. The van der Waals surface area contributed by atoms with Gasteiger partial charge in [-0.05, 0) is 50.9 Å². The third-order valence-corrected chi connectivity index (χ3v) is 4.57. The molecule has 1 saturated heterocycles. The maximum atomic E-state index is 10.6. The van der Waals surface area contributed by atoms with Crippen LogP contribution < -0.4 is 0 Å². The maximum Gasteiger partial charge on any atom is 0.0675 e. The molecular formula is C14H26O2. The van der Waals surface area contributed by atoms with E-state index in [0.717, 1.165) is 38.7 Å². The topological polar surface area (TPSA) is 29.5 Å². The molecule has 1 heterocycles. The summed E-state index contributed by atoms with van der Waals surface area (Å²) in [6.45, 7) is 3.16. The fourth-order valence-corrected chi connectivity index (χ4v) is 3.55. The van der Waals surface area contributed by atoms with Crippen molar-refractivity contribution < 1.29 is 9.84 Å². The highest BCUT2D eigenvalue weighted by atomic mass is 16.5. The number of rotatable bonds is 5. The van der Waals surface area contributed by atoms with Gasteiger partial charge in [-0.15, -0.1) is 0 Å². The van der Waals surface area contributed by atoms with Crippen molar-refractivity contribution in [3.63, 3.8) is 0 Å². The van der Waals surface area contributed by atoms with Crippen LogP contribution >= 0.6 is 0 Å². The monoisotopic (exact) mass is 226 g/mol. The lowest BCUT2D eigenvalue weighted by Crippen LogP contribution is -2.32. The van der Waals surface area contributed by atoms with Gasteiger partial charge in [0.15, 0.2) is 0 Å². The van der Waals surface area contributed by atoms with Crippen molar-refractivity contribution >= 4 is 0 Å². The molecular weight excluding hydrogens is 200 g/mol. The van der Waals surface area contributed by atoms with E-state index >= 15 is 0 Å². The largest absolute Gasteiger partial charge is 0.390 e. The van der Waals surface area contributed by atoms with Gasteiger partial charge in [-0.25, -0.2) is 0 Å². The molecule has 3 unspecified atom stereocenters. The molecule has 0 bridgehead atoms. The molecule has 0 aromatic carbocycles. The highest BCUT2D eigenvalue weighted by Gasteiger charge is 2.39. The molecule has 1 N–H and O–H groups in total. The summed E-state index contributed by atoms with van der Waals surface area (Å²) in [5, 5.41) is 10.6. The van der Waals surface area contributed by atoms with E-state index in [-0.39, 0.29) is 5.60 Å². The molecule has 2 fully saturated rings. The zero-order valence-corrected chi connectivity index (χ0v) is 10.6. The van der Waals surface area contributed by atoms with Crippen LogP contribution in [0.3, 0.4) is 0 Å². The first-order valence-corrected chi connectivity index (χ1v) is 7.08. The molecule has 1 saturated carbocycles. The second kappa shape index (κ2) is 5.50. The lowest BCUT2D eigenvalue weighted by molar-refractivity contribution is -0.0123. The van der Waals surface area contributed by atoms with E-state index in [0.29, 0.717) is 12.0 Å². The molecule has 2 rings (SSSR count). The number of ether oxygens (including phenoxy) is 1. The molecule has 2 aliphatic rings. The Bertz CT molecular complexity index is 211. The van der Waals surface area contributed by atoms with Crippen LogP contribution in [0.1, 0.15) is 64.7 Å².